The first-order valence-electron chi connectivity index (χ1n) is 8.61. The maximum absolute atomic E-state index is 14.2. The molecule has 0 unspecified atom stereocenters. The van der Waals surface area contributed by atoms with Crippen LogP contribution >= 0.6 is 0 Å². The molecule has 3 heteroatoms. The van der Waals surface area contributed by atoms with Gasteiger partial charge in [0.25, 0.3) is 0 Å². The summed E-state index contributed by atoms with van der Waals surface area (Å²) in [5.41, 5.74) is 1.85. The van der Waals surface area contributed by atoms with E-state index in [4.69, 9.17) is 4.74 Å². The van der Waals surface area contributed by atoms with Crippen LogP contribution in [0.1, 0.15) is 56.6 Å². The van der Waals surface area contributed by atoms with Gasteiger partial charge in [-0.15, -0.1) is 0 Å². The molecule has 0 heterocycles. The molecule has 0 saturated heterocycles. The highest BCUT2D eigenvalue weighted by Gasteiger charge is 2.20. The van der Waals surface area contributed by atoms with Gasteiger partial charge in [-0.2, -0.15) is 4.39 Å². The lowest BCUT2D eigenvalue weighted by Crippen LogP contribution is -2.10. The van der Waals surface area contributed by atoms with Crippen LogP contribution in [0, 0.1) is 5.92 Å². The molecular weight excluding hydrogens is 306 g/mol. The number of halogens is 2. The molecule has 0 aromatic heterocycles. The molecule has 0 aliphatic heterocycles. The monoisotopic (exact) mass is 332 g/mol. The average Bonchev–Trinajstić information content (AvgIpc) is 2.61. The van der Waals surface area contributed by atoms with Gasteiger partial charge in [0, 0.05) is 5.57 Å². The number of ether oxygens (including phenoxy) is 1. The van der Waals surface area contributed by atoms with Gasteiger partial charge in [0.1, 0.15) is 0 Å². The van der Waals surface area contributed by atoms with E-state index in [1.807, 2.05) is 24.3 Å². The van der Waals surface area contributed by atoms with Crippen molar-refractivity contribution >= 4 is 5.57 Å². The van der Waals surface area contributed by atoms with Crippen molar-refractivity contribution in [2.75, 3.05) is 6.61 Å². The van der Waals surface area contributed by atoms with E-state index in [0.717, 1.165) is 5.92 Å². The SMILES string of the molecule is C=C(OCC)/C(F)=C(/F)C(=C)c1ccc(C2CCC(C)CC2)cc1. The summed E-state index contributed by atoms with van der Waals surface area (Å²) in [4.78, 5) is 0. The quantitative estimate of drug-likeness (QED) is 0.416. The third-order valence-corrected chi connectivity index (χ3v) is 4.77. The van der Waals surface area contributed by atoms with Gasteiger partial charge in [-0.05, 0) is 42.7 Å². The fourth-order valence-electron chi connectivity index (χ4n) is 3.17. The molecule has 0 spiro atoms. The molecular formula is C21H26F2O. The van der Waals surface area contributed by atoms with E-state index in [-0.39, 0.29) is 17.9 Å². The lowest BCUT2D eigenvalue weighted by Gasteiger charge is -2.26. The molecule has 1 nitrogen and oxygen atoms in total. The normalized spacial score (nSPS) is 21.8. The first-order valence-corrected chi connectivity index (χ1v) is 8.61. The van der Waals surface area contributed by atoms with E-state index in [9.17, 15) is 8.78 Å². The third-order valence-electron chi connectivity index (χ3n) is 4.77. The highest BCUT2D eigenvalue weighted by molar-refractivity contribution is 5.76. The summed E-state index contributed by atoms with van der Waals surface area (Å²) in [6, 6.07) is 7.63. The first-order chi connectivity index (χ1) is 11.4. The van der Waals surface area contributed by atoms with Gasteiger partial charge in [-0.3, -0.25) is 0 Å². The Balaban J connectivity index is 2.11. The number of hydrogen-bond acceptors (Lipinski definition) is 1. The van der Waals surface area contributed by atoms with Crippen molar-refractivity contribution in [2.45, 2.75) is 45.4 Å². The summed E-state index contributed by atoms with van der Waals surface area (Å²) >= 11 is 0. The van der Waals surface area contributed by atoms with Gasteiger partial charge in [-0.25, -0.2) is 4.39 Å². The summed E-state index contributed by atoms with van der Waals surface area (Å²) < 4.78 is 33.1. The molecule has 1 fully saturated rings. The van der Waals surface area contributed by atoms with Crippen molar-refractivity contribution in [3.05, 3.63) is 66.0 Å². The Hall–Kier alpha value is -1.90. The van der Waals surface area contributed by atoms with Crippen molar-refractivity contribution in [2.24, 2.45) is 5.92 Å². The molecule has 1 aliphatic rings. The minimum absolute atomic E-state index is 0.0113. The Morgan fingerprint density at radius 1 is 1.04 bits per heavy atom. The predicted molar refractivity (Wildman–Crippen MR) is 95.9 cm³/mol. The van der Waals surface area contributed by atoms with E-state index in [1.165, 1.54) is 31.2 Å². The van der Waals surface area contributed by atoms with E-state index >= 15 is 0 Å². The maximum atomic E-state index is 14.2. The Kier molecular flexibility index (Phi) is 6.36. The fraction of sp³-hybridized carbons (Fsp3) is 0.429. The average molecular weight is 332 g/mol. The number of rotatable bonds is 6. The first kappa shape index (κ1) is 18.4. The summed E-state index contributed by atoms with van der Waals surface area (Å²) in [7, 11) is 0. The van der Waals surface area contributed by atoms with Crippen LogP contribution in [-0.2, 0) is 4.74 Å². The zero-order valence-corrected chi connectivity index (χ0v) is 14.6. The van der Waals surface area contributed by atoms with Crippen molar-refractivity contribution in [1.82, 2.24) is 0 Å². The second-order valence-electron chi connectivity index (χ2n) is 6.54. The van der Waals surface area contributed by atoms with Crippen LogP contribution in [0.5, 0.6) is 0 Å². The second kappa shape index (κ2) is 8.27. The van der Waals surface area contributed by atoms with E-state index in [1.54, 1.807) is 6.92 Å². The Morgan fingerprint density at radius 3 is 2.17 bits per heavy atom. The van der Waals surface area contributed by atoms with E-state index in [2.05, 4.69) is 20.1 Å². The topological polar surface area (TPSA) is 9.23 Å². The molecule has 1 aromatic rings. The molecule has 0 atom stereocenters. The van der Waals surface area contributed by atoms with Crippen LogP contribution in [0.3, 0.4) is 0 Å². The van der Waals surface area contributed by atoms with E-state index in [0.29, 0.717) is 11.5 Å². The van der Waals surface area contributed by atoms with Gasteiger partial charge in [0.15, 0.2) is 11.6 Å². The molecule has 1 aliphatic carbocycles. The Bertz CT molecular complexity index is 620. The summed E-state index contributed by atoms with van der Waals surface area (Å²) in [6.07, 6.45) is 4.89. The molecule has 1 saturated carbocycles. The Labute approximate surface area is 143 Å². The van der Waals surface area contributed by atoms with Crippen molar-refractivity contribution in [1.29, 1.82) is 0 Å². The van der Waals surface area contributed by atoms with Crippen molar-refractivity contribution in [3.8, 4) is 0 Å². The van der Waals surface area contributed by atoms with Crippen LogP contribution in [0.4, 0.5) is 8.78 Å². The van der Waals surface area contributed by atoms with Crippen molar-refractivity contribution in [3.63, 3.8) is 0 Å². The minimum atomic E-state index is -1.09. The maximum Gasteiger partial charge on any atom is 0.200 e. The zero-order chi connectivity index (χ0) is 17.7. The molecule has 0 N–H and O–H groups in total. The number of allylic oxidation sites excluding steroid dienone is 3. The predicted octanol–water partition coefficient (Wildman–Crippen LogP) is 6.69. The smallest absolute Gasteiger partial charge is 0.200 e. The molecule has 130 valence electrons. The van der Waals surface area contributed by atoms with Crippen LogP contribution in [0.15, 0.2) is 54.8 Å². The molecule has 0 radical (unpaired) electrons. The van der Waals surface area contributed by atoms with Crippen LogP contribution in [-0.4, -0.2) is 6.61 Å². The standard InChI is InChI=1S/C21H26F2O/c1-5-24-16(4)21(23)20(22)15(3)17-10-12-19(13-11-17)18-8-6-14(2)7-9-18/h10-14,18H,3-9H2,1-2H3/b21-20-. The molecule has 24 heavy (non-hydrogen) atoms. The molecule has 2 rings (SSSR count). The highest BCUT2D eigenvalue weighted by atomic mass is 19.2. The lowest BCUT2D eigenvalue weighted by molar-refractivity contribution is 0.224. The third kappa shape index (κ3) is 4.34. The zero-order valence-electron chi connectivity index (χ0n) is 14.6. The fourth-order valence-corrected chi connectivity index (χ4v) is 3.17. The van der Waals surface area contributed by atoms with Crippen LogP contribution in [0.2, 0.25) is 0 Å². The van der Waals surface area contributed by atoms with E-state index < -0.39 is 11.7 Å². The van der Waals surface area contributed by atoms with Crippen LogP contribution < -0.4 is 0 Å². The lowest BCUT2D eigenvalue weighted by atomic mass is 9.79. The van der Waals surface area contributed by atoms with Gasteiger partial charge in [0.05, 0.1) is 6.61 Å². The van der Waals surface area contributed by atoms with Crippen molar-refractivity contribution < 1.29 is 13.5 Å². The van der Waals surface area contributed by atoms with Gasteiger partial charge >= 0.3 is 0 Å². The van der Waals surface area contributed by atoms with Gasteiger partial charge in [0.2, 0.25) is 5.83 Å². The molecule has 1 aromatic carbocycles. The summed E-state index contributed by atoms with van der Waals surface area (Å²) in [5.74, 6) is -1.04. The number of hydrogen-bond donors (Lipinski definition) is 0. The van der Waals surface area contributed by atoms with Gasteiger partial charge < -0.3 is 4.74 Å². The summed E-state index contributed by atoms with van der Waals surface area (Å²) in [6.45, 7) is 11.3. The summed E-state index contributed by atoms with van der Waals surface area (Å²) in [5, 5.41) is 0. The van der Waals surface area contributed by atoms with Gasteiger partial charge in [-0.1, -0.05) is 57.2 Å². The van der Waals surface area contributed by atoms with Crippen LogP contribution in [0.25, 0.3) is 5.57 Å². The molecule has 0 bridgehead atoms. The highest BCUT2D eigenvalue weighted by Crippen LogP contribution is 2.36. The largest absolute Gasteiger partial charge is 0.491 e. The molecule has 0 amide bonds. The minimum Gasteiger partial charge on any atom is -0.491 e. The second-order valence-corrected chi connectivity index (χ2v) is 6.54. The number of benzene rings is 1. The Morgan fingerprint density at radius 2 is 1.62 bits per heavy atom.